The van der Waals surface area contributed by atoms with Crippen molar-refractivity contribution in [1.29, 1.82) is 0 Å². The number of rotatable bonds is 4. The van der Waals surface area contributed by atoms with Crippen LogP contribution in [0, 0.1) is 5.95 Å². The summed E-state index contributed by atoms with van der Waals surface area (Å²) >= 11 is 1.65. The molecular weight excluding hydrogens is 375 g/mol. The van der Waals surface area contributed by atoms with Gasteiger partial charge in [-0.05, 0) is 35.4 Å². The van der Waals surface area contributed by atoms with Crippen LogP contribution in [0.3, 0.4) is 0 Å². The zero-order valence-electron chi connectivity index (χ0n) is 14.8. The molecule has 5 nitrogen and oxygen atoms in total. The lowest BCUT2D eigenvalue weighted by molar-refractivity contribution is 0.0780. The minimum Gasteiger partial charge on any atom is -0.332 e. The van der Waals surface area contributed by atoms with Crippen LogP contribution < -0.4 is 0 Å². The number of nitrogens with zero attached hydrogens (tertiary/aromatic N) is 4. The van der Waals surface area contributed by atoms with E-state index in [1.54, 1.807) is 34.6 Å². The van der Waals surface area contributed by atoms with E-state index in [1.165, 1.54) is 12.3 Å². The number of thiazole rings is 1. The Labute approximate surface area is 164 Å². The van der Waals surface area contributed by atoms with Crippen LogP contribution in [0.25, 0.3) is 21.3 Å². The molecule has 4 aromatic rings. The molecule has 0 saturated carbocycles. The lowest BCUT2D eigenvalue weighted by atomic mass is 10.0. The Hall–Kier alpha value is -3.19. The number of carbonyl (C=O) groups excluding carboxylic acids is 1. The summed E-state index contributed by atoms with van der Waals surface area (Å²) in [7, 11) is 0. The average Bonchev–Trinajstić information content (AvgIpc) is 3.27. The van der Waals surface area contributed by atoms with Crippen LogP contribution in [-0.2, 0) is 13.0 Å². The summed E-state index contributed by atoms with van der Waals surface area (Å²) in [5, 5.41) is 1.01. The van der Waals surface area contributed by atoms with E-state index in [0.29, 0.717) is 36.2 Å². The Kier molecular flexibility index (Phi) is 4.09. The number of para-hydroxylation sites is 1. The van der Waals surface area contributed by atoms with E-state index in [-0.39, 0.29) is 5.91 Å². The van der Waals surface area contributed by atoms with Gasteiger partial charge in [-0.25, -0.2) is 9.97 Å². The van der Waals surface area contributed by atoms with E-state index >= 15 is 0 Å². The Bertz CT molecular complexity index is 1170. The molecule has 1 aromatic carbocycles. The second-order valence-corrected chi connectivity index (χ2v) is 7.71. The highest BCUT2D eigenvalue weighted by Gasteiger charge is 2.31. The van der Waals surface area contributed by atoms with Gasteiger partial charge in [0.15, 0.2) is 0 Å². The largest absolute Gasteiger partial charge is 0.332 e. The van der Waals surface area contributed by atoms with Crippen molar-refractivity contribution in [2.24, 2.45) is 0 Å². The van der Waals surface area contributed by atoms with Gasteiger partial charge in [0.2, 0.25) is 5.95 Å². The number of amides is 1. The molecule has 4 heterocycles. The molecule has 138 valence electrons. The first-order valence-electron chi connectivity index (χ1n) is 8.92. The predicted molar refractivity (Wildman–Crippen MR) is 105 cm³/mol. The van der Waals surface area contributed by atoms with Gasteiger partial charge in [0.25, 0.3) is 5.91 Å². The molecule has 0 saturated heterocycles. The second-order valence-electron chi connectivity index (χ2n) is 6.60. The zero-order valence-corrected chi connectivity index (χ0v) is 15.6. The van der Waals surface area contributed by atoms with Gasteiger partial charge < -0.3 is 4.90 Å². The number of hydrogen-bond acceptors (Lipinski definition) is 5. The molecule has 5 rings (SSSR count). The maximum absolute atomic E-state index is 13.5. The van der Waals surface area contributed by atoms with Crippen LogP contribution in [0.5, 0.6) is 0 Å². The monoisotopic (exact) mass is 390 g/mol. The first-order chi connectivity index (χ1) is 13.7. The van der Waals surface area contributed by atoms with Gasteiger partial charge in [-0.1, -0.05) is 12.1 Å². The van der Waals surface area contributed by atoms with Crippen LogP contribution in [0.4, 0.5) is 4.39 Å². The molecule has 3 aromatic heterocycles. The summed E-state index contributed by atoms with van der Waals surface area (Å²) in [6.07, 6.45) is 3.76. The Balaban J connectivity index is 1.39. The highest BCUT2D eigenvalue weighted by atomic mass is 32.1. The van der Waals surface area contributed by atoms with Gasteiger partial charge in [-0.2, -0.15) is 4.39 Å². The van der Waals surface area contributed by atoms with E-state index in [4.69, 9.17) is 0 Å². The predicted octanol–water partition coefficient (Wildman–Crippen LogP) is 4.09. The third-order valence-corrected chi connectivity index (χ3v) is 5.94. The molecule has 0 spiro atoms. The number of aromatic nitrogens is 3. The molecule has 0 unspecified atom stereocenters. The standard InChI is InChI=1S/C21H15FN4OS/c22-18-11-13(5-8-24-18)14-6-9-23-16-12-26(21(27)20(14)16)10-7-19-25-15-3-1-2-4-17(15)28-19/h1-6,8-9,11H,7,10,12H2. The SMILES string of the molecule is O=C1c2c(-c3ccnc(F)c3)ccnc2CN1CCc1nc2ccccc2s1. The maximum atomic E-state index is 13.5. The van der Waals surface area contributed by atoms with Crippen molar-refractivity contribution < 1.29 is 9.18 Å². The summed E-state index contributed by atoms with van der Waals surface area (Å²) in [4.78, 5) is 27.4. The summed E-state index contributed by atoms with van der Waals surface area (Å²) in [6, 6.07) is 12.8. The first-order valence-corrected chi connectivity index (χ1v) is 9.74. The van der Waals surface area contributed by atoms with Crippen LogP contribution >= 0.6 is 11.3 Å². The summed E-state index contributed by atoms with van der Waals surface area (Å²) in [5.74, 6) is -0.641. The number of fused-ring (bicyclic) bond motifs is 2. The van der Waals surface area contributed by atoms with Gasteiger partial charge in [0, 0.05) is 31.4 Å². The molecule has 0 radical (unpaired) electrons. The highest BCUT2D eigenvalue weighted by Crippen LogP contribution is 2.32. The summed E-state index contributed by atoms with van der Waals surface area (Å²) in [5.41, 5.74) is 3.59. The van der Waals surface area contributed by atoms with E-state index in [9.17, 15) is 9.18 Å². The van der Waals surface area contributed by atoms with E-state index in [0.717, 1.165) is 20.9 Å². The van der Waals surface area contributed by atoms with Crippen LogP contribution in [0.1, 0.15) is 21.1 Å². The maximum Gasteiger partial charge on any atom is 0.256 e. The smallest absolute Gasteiger partial charge is 0.256 e. The van der Waals surface area contributed by atoms with Gasteiger partial charge >= 0.3 is 0 Å². The van der Waals surface area contributed by atoms with Crippen molar-refractivity contribution in [1.82, 2.24) is 19.9 Å². The van der Waals surface area contributed by atoms with Crippen molar-refractivity contribution in [3.05, 3.63) is 77.1 Å². The third-order valence-electron chi connectivity index (χ3n) is 4.84. The van der Waals surface area contributed by atoms with Crippen molar-refractivity contribution in [3.8, 4) is 11.1 Å². The second kappa shape index (κ2) is 6.76. The van der Waals surface area contributed by atoms with Crippen LogP contribution in [-0.4, -0.2) is 32.3 Å². The molecule has 0 aliphatic carbocycles. The van der Waals surface area contributed by atoms with Gasteiger partial charge in [-0.3, -0.25) is 9.78 Å². The highest BCUT2D eigenvalue weighted by molar-refractivity contribution is 7.18. The summed E-state index contributed by atoms with van der Waals surface area (Å²) in [6.45, 7) is 1.03. The van der Waals surface area contributed by atoms with Crippen molar-refractivity contribution in [3.63, 3.8) is 0 Å². The number of halogens is 1. The van der Waals surface area contributed by atoms with E-state index in [1.807, 2.05) is 18.2 Å². The molecule has 1 aliphatic rings. The fraction of sp³-hybridized carbons (Fsp3) is 0.143. The number of hydrogen-bond donors (Lipinski definition) is 0. The molecule has 1 amide bonds. The summed E-state index contributed by atoms with van der Waals surface area (Å²) < 4.78 is 14.7. The lowest BCUT2D eigenvalue weighted by Gasteiger charge is -2.14. The molecule has 0 bridgehead atoms. The van der Waals surface area contributed by atoms with Crippen molar-refractivity contribution >= 4 is 27.5 Å². The molecule has 7 heteroatoms. The number of pyridine rings is 2. The fourth-order valence-corrected chi connectivity index (χ4v) is 4.48. The molecule has 0 atom stereocenters. The minimum atomic E-state index is -0.568. The van der Waals surface area contributed by atoms with Gasteiger partial charge in [-0.15, -0.1) is 11.3 Å². The first kappa shape index (κ1) is 16.9. The molecule has 0 N–H and O–H groups in total. The van der Waals surface area contributed by atoms with Crippen molar-refractivity contribution in [2.45, 2.75) is 13.0 Å². The molecule has 28 heavy (non-hydrogen) atoms. The quantitative estimate of drug-likeness (QED) is 0.493. The molecule has 0 fully saturated rings. The fourth-order valence-electron chi connectivity index (χ4n) is 3.52. The molecule has 1 aliphatic heterocycles. The lowest BCUT2D eigenvalue weighted by Crippen LogP contribution is -2.26. The normalized spacial score (nSPS) is 13.3. The number of carbonyl (C=O) groups is 1. The van der Waals surface area contributed by atoms with Crippen molar-refractivity contribution in [2.75, 3.05) is 6.54 Å². The average molecular weight is 390 g/mol. The van der Waals surface area contributed by atoms with Gasteiger partial charge in [0.05, 0.1) is 33.0 Å². The zero-order chi connectivity index (χ0) is 19.1. The Morgan fingerprint density at radius 1 is 1.11 bits per heavy atom. The third kappa shape index (κ3) is 2.93. The Morgan fingerprint density at radius 2 is 1.96 bits per heavy atom. The minimum absolute atomic E-state index is 0.0727. The van der Waals surface area contributed by atoms with Crippen LogP contribution in [0.2, 0.25) is 0 Å². The number of benzene rings is 1. The van der Waals surface area contributed by atoms with E-state index in [2.05, 4.69) is 21.0 Å². The Morgan fingerprint density at radius 3 is 2.82 bits per heavy atom. The molecular formula is C21H15FN4OS. The van der Waals surface area contributed by atoms with E-state index < -0.39 is 5.95 Å². The van der Waals surface area contributed by atoms with Gasteiger partial charge in [0.1, 0.15) is 0 Å². The topological polar surface area (TPSA) is 59.0 Å². The van der Waals surface area contributed by atoms with Crippen LogP contribution in [0.15, 0.2) is 54.9 Å².